The molecule has 0 spiro atoms. The number of carbonyl (C=O) groups is 2. The predicted octanol–water partition coefficient (Wildman–Crippen LogP) is 1.08. The van der Waals surface area contributed by atoms with Gasteiger partial charge in [0.1, 0.15) is 11.8 Å². The number of nitrogens with one attached hydrogen (secondary N) is 1. The van der Waals surface area contributed by atoms with Crippen LogP contribution in [-0.4, -0.2) is 48.8 Å². The summed E-state index contributed by atoms with van der Waals surface area (Å²) in [5, 5.41) is 11.1. The van der Waals surface area contributed by atoms with Gasteiger partial charge < -0.3 is 19.3 Å². The van der Waals surface area contributed by atoms with Crippen LogP contribution >= 0.6 is 0 Å². The van der Waals surface area contributed by atoms with Gasteiger partial charge in [0.25, 0.3) is 10.0 Å². The zero-order valence-corrected chi connectivity index (χ0v) is 14.6. The number of carboxylic acid groups (broad SMARTS) is 1. The molecule has 140 valence electrons. The molecule has 1 saturated heterocycles. The summed E-state index contributed by atoms with van der Waals surface area (Å²) >= 11 is 0. The normalized spacial score (nSPS) is 18.1. The van der Waals surface area contributed by atoms with Crippen LogP contribution in [0.2, 0.25) is 0 Å². The number of rotatable bonds is 7. The predicted molar refractivity (Wildman–Crippen MR) is 88.0 cm³/mol. The number of sulfonamides is 1. The molecule has 1 atom stereocenters. The van der Waals surface area contributed by atoms with Crippen molar-refractivity contribution in [1.29, 1.82) is 0 Å². The molecule has 1 amide bonds. The molecule has 3 rings (SSSR count). The number of hydrogen-bond acceptors (Lipinski definition) is 6. The summed E-state index contributed by atoms with van der Waals surface area (Å²) in [4.78, 5) is 23.3. The van der Waals surface area contributed by atoms with Crippen LogP contribution in [-0.2, 0) is 21.2 Å². The maximum absolute atomic E-state index is 12.7. The molecule has 0 aromatic carbocycles. The van der Waals surface area contributed by atoms with E-state index in [1.807, 2.05) is 0 Å². The highest BCUT2D eigenvalue weighted by Crippen LogP contribution is 2.27. The van der Waals surface area contributed by atoms with Crippen molar-refractivity contribution in [3.63, 3.8) is 0 Å². The number of nitrogens with zero attached hydrogens (tertiary/aromatic N) is 1. The standard InChI is InChI=1S/C16H18N2O7S/c19-15(17-8-7-11-3-2-10-24-11)12-4-1-9-18(12)26(22,23)14-6-5-13(25-14)16(20)21/h2-3,5-6,10,12H,1,4,7-9H2,(H,17,19)(H,20,21). The maximum Gasteiger partial charge on any atom is 0.371 e. The van der Waals surface area contributed by atoms with Gasteiger partial charge in [-0.25, -0.2) is 13.2 Å². The molecule has 2 N–H and O–H groups in total. The first-order chi connectivity index (χ1) is 12.4. The average molecular weight is 382 g/mol. The second-order valence-corrected chi connectivity index (χ2v) is 7.64. The van der Waals surface area contributed by atoms with E-state index in [9.17, 15) is 18.0 Å². The van der Waals surface area contributed by atoms with Crippen molar-refractivity contribution in [3.05, 3.63) is 42.0 Å². The minimum atomic E-state index is -4.09. The molecule has 10 heteroatoms. The lowest BCUT2D eigenvalue weighted by atomic mass is 10.2. The Labute approximate surface area is 149 Å². The lowest BCUT2D eigenvalue weighted by Gasteiger charge is -2.22. The number of aromatic carboxylic acids is 1. The number of furan rings is 2. The minimum Gasteiger partial charge on any atom is -0.475 e. The molecule has 3 heterocycles. The van der Waals surface area contributed by atoms with E-state index in [2.05, 4.69) is 5.32 Å². The second kappa shape index (κ2) is 7.34. The molecule has 0 aliphatic carbocycles. The van der Waals surface area contributed by atoms with Gasteiger partial charge in [0.15, 0.2) is 0 Å². The van der Waals surface area contributed by atoms with E-state index < -0.39 is 38.8 Å². The van der Waals surface area contributed by atoms with Gasteiger partial charge in [-0.2, -0.15) is 4.31 Å². The highest BCUT2D eigenvalue weighted by Gasteiger charge is 2.41. The largest absolute Gasteiger partial charge is 0.475 e. The molecule has 1 aliphatic rings. The molecule has 1 unspecified atom stereocenters. The fourth-order valence-electron chi connectivity index (χ4n) is 2.86. The van der Waals surface area contributed by atoms with Gasteiger partial charge >= 0.3 is 5.97 Å². The third-order valence-electron chi connectivity index (χ3n) is 4.11. The Hall–Kier alpha value is -2.59. The molecule has 2 aromatic rings. The van der Waals surface area contributed by atoms with Crippen molar-refractivity contribution in [3.8, 4) is 0 Å². The van der Waals surface area contributed by atoms with Gasteiger partial charge in [-0.15, -0.1) is 0 Å². The summed E-state index contributed by atoms with van der Waals surface area (Å²) in [7, 11) is -4.09. The van der Waals surface area contributed by atoms with E-state index in [0.29, 0.717) is 25.8 Å². The molecule has 1 aliphatic heterocycles. The van der Waals surface area contributed by atoms with E-state index in [4.69, 9.17) is 13.9 Å². The monoisotopic (exact) mass is 382 g/mol. The van der Waals surface area contributed by atoms with Crippen LogP contribution in [0.1, 0.15) is 29.2 Å². The first-order valence-electron chi connectivity index (χ1n) is 8.04. The SMILES string of the molecule is O=C(O)c1ccc(S(=O)(=O)N2CCCC2C(=O)NCCc2ccco2)o1. The van der Waals surface area contributed by atoms with Crippen molar-refractivity contribution in [2.45, 2.75) is 30.4 Å². The molecule has 1 fully saturated rings. The fraction of sp³-hybridized carbons (Fsp3) is 0.375. The summed E-state index contributed by atoms with van der Waals surface area (Å²) in [6.45, 7) is 0.488. The molecular formula is C16H18N2O7S. The van der Waals surface area contributed by atoms with Crippen LogP contribution in [0, 0.1) is 0 Å². The molecule has 2 aromatic heterocycles. The third kappa shape index (κ3) is 3.65. The lowest BCUT2D eigenvalue weighted by Crippen LogP contribution is -2.46. The van der Waals surface area contributed by atoms with Crippen LogP contribution in [0.4, 0.5) is 0 Å². The fourth-order valence-corrected chi connectivity index (χ4v) is 4.43. The molecular weight excluding hydrogens is 364 g/mol. The quantitative estimate of drug-likeness (QED) is 0.733. The lowest BCUT2D eigenvalue weighted by molar-refractivity contribution is -0.124. The van der Waals surface area contributed by atoms with Crippen molar-refractivity contribution < 1.29 is 31.9 Å². The number of amides is 1. The van der Waals surface area contributed by atoms with Crippen LogP contribution < -0.4 is 5.32 Å². The molecule has 26 heavy (non-hydrogen) atoms. The second-order valence-electron chi connectivity index (χ2n) is 5.82. The zero-order chi connectivity index (χ0) is 18.7. The van der Waals surface area contributed by atoms with Gasteiger partial charge in [0.05, 0.1) is 6.26 Å². The highest BCUT2D eigenvalue weighted by atomic mass is 32.2. The Morgan fingerprint density at radius 2 is 2.12 bits per heavy atom. The molecule has 0 saturated carbocycles. The Kier molecular flexibility index (Phi) is 5.14. The Morgan fingerprint density at radius 1 is 1.31 bits per heavy atom. The van der Waals surface area contributed by atoms with Gasteiger partial charge in [-0.1, -0.05) is 0 Å². The molecule has 0 radical (unpaired) electrons. The van der Waals surface area contributed by atoms with E-state index in [1.165, 1.54) is 6.26 Å². The van der Waals surface area contributed by atoms with Crippen LogP contribution in [0.25, 0.3) is 0 Å². The minimum absolute atomic E-state index is 0.168. The van der Waals surface area contributed by atoms with Crippen LogP contribution in [0.3, 0.4) is 0 Å². The smallest absolute Gasteiger partial charge is 0.371 e. The van der Waals surface area contributed by atoms with E-state index in [1.54, 1.807) is 12.1 Å². The number of hydrogen-bond donors (Lipinski definition) is 2. The Balaban J connectivity index is 1.67. The zero-order valence-electron chi connectivity index (χ0n) is 13.8. The van der Waals surface area contributed by atoms with Gasteiger partial charge in [0.2, 0.25) is 16.8 Å². The van der Waals surface area contributed by atoms with Crippen molar-refractivity contribution >= 4 is 21.9 Å². The molecule has 0 bridgehead atoms. The van der Waals surface area contributed by atoms with Crippen LogP contribution in [0.15, 0.2) is 44.5 Å². The summed E-state index contributed by atoms with van der Waals surface area (Å²) in [6, 6.07) is 4.84. The maximum atomic E-state index is 12.7. The van der Waals surface area contributed by atoms with Crippen molar-refractivity contribution in [2.75, 3.05) is 13.1 Å². The summed E-state index contributed by atoms with van der Waals surface area (Å²) in [5.74, 6) is -1.51. The van der Waals surface area contributed by atoms with E-state index >= 15 is 0 Å². The molecule has 9 nitrogen and oxygen atoms in total. The van der Waals surface area contributed by atoms with Crippen molar-refractivity contribution in [2.24, 2.45) is 0 Å². The number of carbonyl (C=O) groups excluding carboxylic acids is 1. The Morgan fingerprint density at radius 3 is 2.77 bits per heavy atom. The van der Waals surface area contributed by atoms with Crippen LogP contribution in [0.5, 0.6) is 0 Å². The van der Waals surface area contributed by atoms with E-state index in [-0.39, 0.29) is 6.54 Å². The van der Waals surface area contributed by atoms with Gasteiger partial charge in [-0.05, 0) is 37.1 Å². The first kappa shape index (κ1) is 18.2. The Bertz CT molecular complexity index is 886. The van der Waals surface area contributed by atoms with Crippen molar-refractivity contribution in [1.82, 2.24) is 9.62 Å². The van der Waals surface area contributed by atoms with Gasteiger partial charge in [0, 0.05) is 19.5 Å². The summed E-state index contributed by atoms with van der Waals surface area (Å²) in [5.41, 5.74) is 0. The first-order valence-corrected chi connectivity index (χ1v) is 9.48. The summed E-state index contributed by atoms with van der Waals surface area (Å²) < 4.78 is 36.5. The van der Waals surface area contributed by atoms with E-state index in [0.717, 1.165) is 22.2 Å². The third-order valence-corrected chi connectivity index (χ3v) is 5.89. The number of carboxylic acids is 1. The summed E-state index contributed by atoms with van der Waals surface area (Å²) in [6.07, 6.45) is 2.95. The van der Waals surface area contributed by atoms with Gasteiger partial charge in [-0.3, -0.25) is 4.79 Å². The highest BCUT2D eigenvalue weighted by molar-refractivity contribution is 7.89. The average Bonchev–Trinajstić information content (AvgIpc) is 3.34. The topological polar surface area (TPSA) is 130 Å².